The number of nitrogens with zero attached hydrogens (tertiary/aromatic N) is 1. The van der Waals surface area contributed by atoms with Gasteiger partial charge >= 0.3 is 0 Å². The minimum atomic E-state index is -0.355. The van der Waals surface area contributed by atoms with Crippen LogP contribution in [0.15, 0.2) is 85.1 Å². The third kappa shape index (κ3) is 4.61. The van der Waals surface area contributed by atoms with Gasteiger partial charge in [-0.1, -0.05) is 48.5 Å². The van der Waals surface area contributed by atoms with Gasteiger partial charge in [0.25, 0.3) is 0 Å². The van der Waals surface area contributed by atoms with Crippen molar-refractivity contribution in [2.24, 2.45) is 0 Å². The van der Waals surface area contributed by atoms with Crippen molar-refractivity contribution in [2.45, 2.75) is 6.04 Å². The Morgan fingerprint density at radius 3 is 2.52 bits per heavy atom. The van der Waals surface area contributed by atoms with Crippen molar-refractivity contribution in [3.63, 3.8) is 0 Å². The molecular weight excluding hydrogens is 315 g/mol. The van der Waals surface area contributed by atoms with E-state index in [0.29, 0.717) is 5.56 Å². The third-order valence-corrected chi connectivity index (χ3v) is 3.68. The number of carbonyl (C=O) groups is 1. The van der Waals surface area contributed by atoms with Crippen LogP contribution in [-0.2, 0) is 4.79 Å². The second kappa shape index (κ2) is 8.02. The lowest BCUT2D eigenvalue weighted by Crippen LogP contribution is -2.28. The predicted molar refractivity (Wildman–Crippen MR) is 96.1 cm³/mol. The van der Waals surface area contributed by atoms with Crippen LogP contribution < -0.4 is 5.32 Å². The average Bonchev–Trinajstić information content (AvgIpc) is 2.66. The summed E-state index contributed by atoms with van der Waals surface area (Å²) in [6.45, 7) is 0. The quantitative estimate of drug-likeness (QED) is 0.714. The Morgan fingerprint density at radius 1 is 1.00 bits per heavy atom. The molecule has 124 valence electrons. The number of hydrogen-bond donors (Lipinski definition) is 1. The molecule has 1 aromatic heterocycles. The maximum atomic E-state index is 13.2. The first-order valence-electron chi connectivity index (χ1n) is 7.92. The molecule has 0 saturated heterocycles. The molecule has 0 saturated carbocycles. The van der Waals surface area contributed by atoms with E-state index in [1.807, 2.05) is 48.5 Å². The molecule has 0 spiro atoms. The molecule has 0 aliphatic heterocycles. The van der Waals surface area contributed by atoms with Crippen LogP contribution in [0.3, 0.4) is 0 Å². The third-order valence-electron chi connectivity index (χ3n) is 3.68. The zero-order chi connectivity index (χ0) is 17.5. The van der Waals surface area contributed by atoms with Gasteiger partial charge < -0.3 is 5.32 Å². The molecule has 1 heterocycles. The molecule has 0 fully saturated rings. The van der Waals surface area contributed by atoms with Gasteiger partial charge in [0.05, 0.1) is 11.7 Å². The Balaban J connectivity index is 1.79. The van der Waals surface area contributed by atoms with Crippen LogP contribution in [0.2, 0.25) is 0 Å². The van der Waals surface area contributed by atoms with Gasteiger partial charge in [0.2, 0.25) is 5.91 Å². The van der Waals surface area contributed by atoms with Crippen molar-refractivity contribution in [3.8, 4) is 0 Å². The number of benzene rings is 2. The van der Waals surface area contributed by atoms with Gasteiger partial charge in [-0.15, -0.1) is 0 Å². The van der Waals surface area contributed by atoms with E-state index in [-0.39, 0.29) is 17.8 Å². The molecule has 4 heteroatoms. The van der Waals surface area contributed by atoms with Crippen LogP contribution in [0.5, 0.6) is 0 Å². The van der Waals surface area contributed by atoms with Crippen molar-refractivity contribution in [3.05, 3.63) is 108 Å². The highest BCUT2D eigenvalue weighted by Gasteiger charge is 2.16. The fourth-order valence-electron chi connectivity index (χ4n) is 2.49. The van der Waals surface area contributed by atoms with Gasteiger partial charge in [0.15, 0.2) is 0 Å². The van der Waals surface area contributed by atoms with E-state index in [4.69, 9.17) is 0 Å². The van der Waals surface area contributed by atoms with E-state index >= 15 is 0 Å². The highest BCUT2D eigenvalue weighted by Crippen LogP contribution is 2.20. The summed E-state index contributed by atoms with van der Waals surface area (Å²) >= 11 is 0. The largest absolute Gasteiger partial charge is 0.340 e. The number of carbonyl (C=O) groups excluding carboxylic acids is 1. The van der Waals surface area contributed by atoms with Crippen LogP contribution in [-0.4, -0.2) is 10.9 Å². The first-order chi connectivity index (χ1) is 12.2. The first-order valence-corrected chi connectivity index (χ1v) is 7.92. The Bertz CT molecular complexity index is 824. The summed E-state index contributed by atoms with van der Waals surface area (Å²) in [5.74, 6) is -0.609. The van der Waals surface area contributed by atoms with E-state index in [2.05, 4.69) is 10.3 Å². The Hall–Kier alpha value is -3.27. The summed E-state index contributed by atoms with van der Waals surface area (Å²) in [7, 11) is 0. The van der Waals surface area contributed by atoms with Crippen LogP contribution in [0.1, 0.15) is 22.9 Å². The summed E-state index contributed by atoms with van der Waals surface area (Å²) in [5, 5.41) is 2.95. The molecule has 0 radical (unpaired) electrons. The molecule has 2 aromatic carbocycles. The zero-order valence-corrected chi connectivity index (χ0v) is 13.5. The SMILES string of the molecule is O=C(/C=C/c1cccc(F)c1)NC(c1ccccc1)c1ccccn1. The highest BCUT2D eigenvalue weighted by atomic mass is 19.1. The smallest absolute Gasteiger partial charge is 0.244 e. The lowest BCUT2D eigenvalue weighted by Gasteiger charge is -2.17. The molecule has 3 aromatic rings. The average molecular weight is 332 g/mol. The molecule has 25 heavy (non-hydrogen) atoms. The van der Waals surface area contributed by atoms with E-state index in [9.17, 15) is 9.18 Å². The minimum absolute atomic E-state index is 0.274. The van der Waals surface area contributed by atoms with Gasteiger partial charge in [-0.3, -0.25) is 9.78 Å². The summed E-state index contributed by atoms with van der Waals surface area (Å²) in [5.41, 5.74) is 2.32. The second-order valence-electron chi connectivity index (χ2n) is 5.50. The minimum Gasteiger partial charge on any atom is -0.340 e. The van der Waals surface area contributed by atoms with Gasteiger partial charge in [-0.25, -0.2) is 4.39 Å². The number of nitrogens with one attached hydrogen (secondary N) is 1. The van der Waals surface area contributed by atoms with E-state index in [1.165, 1.54) is 18.2 Å². The maximum Gasteiger partial charge on any atom is 0.244 e. The van der Waals surface area contributed by atoms with Gasteiger partial charge in [0, 0.05) is 12.3 Å². The summed E-state index contributed by atoms with van der Waals surface area (Å²) in [6.07, 6.45) is 4.67. The van der Waals surface area contributed by atoms with Crippen molar-refractivity contribution < 1.29 is 9.18 Å². The lowest BCUT2D eigenvalue weighted by atomic mass is 10.0. The van der Waals surface area contributed by atoms with E-state index in [0.717, 1.165) is 11.3 Å². The predicted octanol–water partition coefficient (Wildman–Crippen LogP) is 4.14. The second-order valence-corrected chi connectivity index (χ2v) is 5.50. The van der Waals surface area contributed by atoms with Gasteiger partial charge in [-0.2, -0.15) is 0 Å². The number of hydrogen-bond acceptors (Lipinski definition) is 2. The summed E-state index contributed by atoms with van der Waals surface area (Å²) in [6, 6.07) is 20.9. The fourth-order valence-corrected chi connectivity index (χ4v) is 2.49. The Kier molecular flexibility index (Phi) is 5.32. The van der Waals surface area contributed by atoms with Crippen molar-refractivity contribution >= 4 is 12.0 Å². The molecule has 1 atom stereocenters. The van der Waals surface area contributed by atoms with Crippen molar-refractivity contribution in [2.75, 3.05) is 0 Å². The van der Waals surface area contributed by atoms with Gasteiger partial charge in [0.1, 0.15) is 5.82 Å². The molecule has 3 rings (SSSR count). The summed E-state index contributed by atoms with van der Waals surface area (Å²) in [4.78, 5) is 16.7. The lowest BCUT2D eigenvalue weighted by molar-refractivity contribution is -0.116. The standard InChI is InChI=1S/C21H17FN2O/c22-18-10-6-7-16(15-18)12-13-20(25)24-21(17-8-2-1-3-9-17)19-11-4-5-14-23-19/h1-15,21H,(H,24,25)/b13-12+. The molecular formula is C21H17FN2O. The number of aromatic nitrogens is 1. The summed E-state index contributed by atoms with van der Waals surface area (Å²) < 4.78 is 13.2. The Morgan fingerprint density at radius 2 is 1.80 bits per heavy atom. The van der Waals surface area contributed by atoms with Crippen LogP contribution in [0.25, 0.3) is 6.08 Å². The fraction of sp³-hybridized carbons (Fsp3) is 0.0476. The molecule has 1 N–H and O–H groups in total. The zero-order valence-electron chi connectivity index (χ0n) is 13.5. The molecule has 1 amide bonds. The van der Waals surface area contributed by atoms with E-state index < -0.39 is 0 Å². The van der Waals surface area contributed by atoms with Crippen molar-refractivity contribution in [1.82, 2.24) is 10.3 Å². The molecule has 0 aliphatic carbocycles. The molecule has 0 aliphatic rings. The normalized spacial score (nSPS) is 12.0. The monoisotopic (exact) mass is 332 g/mol. The van der Waals surface area contributed by atoms with E-state index in [1.54, 1.807) is 24.4 Å². The van der Waals surface area contributed by atoms with Crippen molar-refractivity contribution in [1.29, 1.82) is 0 Å². The topological polar surface area (TPSA) is 42.0 Å². The number of halogens is 1. The first kappa shape index (κ1) is 16.6. The highest BCUT2D eigenvalue weighted by molar-refractivity contribution is 5.92. The van der Waals surface area contributed by atoms with Gasteiger partial charge in [-0.05, 0) is 41.5 Å². The molecule has 1 unspecified atom stereocenters. The van der Waals surface area contributed by atoms with Crippen LogP contribution >= 0.6 is 0 Å². The number of amides is 1. The maximum absolute atomic E-state index is 13.2. The Labute approximate surface area is 145 Å². The number of rotatable bonds is 5. The molecule has 3 nitrogen and oxygen atoms in total. The molecule has 0 bridgehead atoms. The van der Waals surface area contributed by atoms with Crippen LogP contribution in [0.4, 0.5) is 4.39 Å². The number of pyridine rings is 1. The van der Waals surface area contributed by atoms with Crippen LogP contribution in [0, 0.1) is 5.82 Å².